The van der Waals surface area contributed by atoms with Crippen LogP contribution in [0.3, 0.4) is 0 Å². The van der Waals surface area contributed by atoms with Crippen molar-refractivity contribution in [2.75, 3.05) is 0 Å². The second kappa shape index (κ2) is 6.06. The first-order valence-electron chi connectivity index (χ1n) is 7.98. The maximum Gasteiger partial charge on any atom is 0.416 e. The third-order valence-corrected chi connectivity index (χ3v) is 4.31. The molecule has 2 nitrogen and oxygen atoms in total. The van der Waals surface area contributed by atoms with Gasteiger partial charge in [0.1, 0.15) is 5.82 Å². The molecule has 0 fully saturated rings. The molecule has 1 heterocycles. The van der Waals surface area contributed by atoms with Crippen LogP contribution in [0.15, 0.2) is 42.7 Å². The van der Waals surface area contributed by atoms with Crippen molar-refractivity contribution in [3.05, 3.63) is 70.5 Å². The third kappa shape index (κ3) is 3.18. The van der Waals surface area contributed by atoms with Crippen molar-refractivity contribution in [2.45, 2.75) is 33.9 Å². The summed E-state index contributed by atoms with van der Waals surface area (Å²) in [5.74, 6) is 0.640. The van der Waals surface area contributed by atoms with Gasteiger partial charge in [0, 0.05) is 18.0 Å². The molecule has 0 bridgehead atoms. The highest BCUT2D eigenvalue weighted by atomic mass is 19.4. The van der Waals surface area contributed by atoms with Gasteiger partial charge in [-0.1, -0.05) is 23.8 Å². The molecule has 0 N–H and O–H groups in total. The summed E-state index contributed by atoms with van der Waals surface area (Å²) in [7, 11) is 0. The number of hydrogen-bond donors (Lipinski definition) is 0. The molecule has 5 heteroatoms. The Kier molecular flexibility index (Phi) is 4.19. The quantitative estimate of drug-likeness (QED) is 0.575. The van der Waals surface area contributed by atoms with Gasteiger partial charge >= 0.3 is 6.18 Å². The molecular weight excluding hydrogens is 325 g/mol. The lowest BCUT2D eigenvalue weighted by atomic mass is 10.0. The number of alkyl halides is 3. The second-order valence-electron chi connectivity index (χ2n) is 6.40. The fourth-order valence-electron chi connectivity index (χ4n) is 3.33. The minimum absolute atomic E-state index is 0.546. The van der Waals surface area contributed by atoms with Crippen LogP contribution in [0.4, 0.5) is 13.2 Å². The molecule has 25 heavy (non-hydrogen) atoms. The number of nitrogens with zero attached hydrogens (tertiary/aromatic N) is 2. The van der Waals surface area contributed by atoms with Crippen molar-refractivity contribution in [1.29, 1.82) is 0 Å². The van der Waals surface area contributed by atoms with E-state index in [-0.39, 0.29) is 0 Å². The molecule has 130 valence electrons. The van der Waals surface area contributed by atoms with Gasteiger partial charge < -0.3 is 0 Å². The molecule has 0 amide bonds. The van der Waals surface area contributed by atoms with Gasteiger partial charge in [-0.25, -0.2) is 4.98 Å². The Morgan fingerprint density at radius 2 is 1.52 bits per heavy atom. The maximum atomic E-state index is 12.9. The Morgan fingerprint density at radius 3 is 2.08 bits per heavy atom. The van der Waals surface area contributed by atoms with Gasteiger partial charge in [0.05, 0.1) is 11.3 Å². The summed E-state index contributed by atoms with van der Waals surface area (Å²) in [6, 6.07) is 7.95. The Balaban J connectivity index is 2.16. The summed E-state index contributed by atoms with van der Waals surface area (Å²) in [4.78, 5) is 4.40. The van der Waals surface area contributed by atoms with Gasteiger partial charge in [-0.3, -0.25) is 4.57 Å². The van der Waals surface area contributed by atoms with Crippen molar-refractivity contribution in [1.82, 2.24) is 9.55 Å². The summed E-state index contributed by atoms with van der Waals surface area (Å²) in [6.07, 6.45) is -0.828. The highest BCUT2D eigenvalue weighted by Crippen LogP contribution is 2.34. The van der Waals surface area contributed by atoms with Gasteiger partial charge in [-0.15, -0.1) is 0 Å². The summed E-state index contributed by atoms with van der Waals surface area (Å²) < 4.78 is 40.7. The van der Waals surface area contributed by atoms with E-state index < -0.39 is 11.7 Å². The van der Waals surface area contributed by atoms with E-state index in [1.54, 1.807) is 13.1 Å². The maximum absolute atomic E-state index is 12.9. The molecule has 0 aliphatic carbocycles. The van der Waals surface area contributed by atoms with E-state index in [0.717, 1.165) is 22.9 Å². The SMILES string of the molecule is Cc1cc(C)c(-n2ccnc2-c2ccc(C(F)(F)F)cc2C)c(C)c1. The number of imidazole rings is 1. The van der Waals surface area contributed by atoms with E-state index in [9.17, 15) is 13.2 Å². The van der Waals surface area contributed by atoms with E-state index in [2.05, 4.69) is 17.1 Å². The van der Waals surface area contributed by atoms with Crippen molar-refractivity contribution in [3.63, 3.8) is 0 Å². The molecule has 3 aromatic rings. The highest BCUT2D eigenvalue weighted by Gasteiger charge is 2.31. The van der Waals surface area contributed by atoms with Gasteiger partial charge in [0.2, 0.25) is 0 Å². The molecule has 0 aliphatic rings. The highest BCUT2D eigenvalue weighted by molar-refractivity contribution is 5.65. The van der Waals surface area contributed by atoms with Crippen LogP contribution in [0.5, 0.6) is 0 Å². The van der Waals surface area contributed by atoms with E-state index in [1.807, 2.05) is 31.5 Å². The van der Waals surface area contributed by atoms with Crippen LogP contribution in [-0.4, -0.2) is 9.55 Å². The van der Waals surface area contributed by atoms with Crippen LogP contribution < -0.4 is 0 Å². The Hall–Kier alpha value is -2.56. The number of hydrogen-bond acceptors (Lipinski definition) is 1. The zero-order valence-corrected chi connectivity index (χ0v) is 14.6. The molecule has 0 saturated heterocycles. The minimum Gasteiger partial charge on any atom is -0.299 e. The number of benzene rings is 2. The lowest BCUT2D eigenvalue weighted by Crippen LogP contribution is -2.06. The fourth-order valence-corrected chi connectivity index (χ4v) is 3.33. The summed E-state index contributed by atoms with van der Waals surface area (Å²) >= 11 is 0. The summed E-state index contributed by atoms with van der Waals surface area (Å²) in [5.41, 5.74) is 4.97. The lowest BCUT2D eigenvalue weighted by Gasteiger charge is -2.16. The Bertz CT molecular complexity index is 913. The van der Waals surface area contributed by atoms with Crippen molar-refractivity contribution >= 4 is 0 Å². The van der Waals surface area contributed by atoms with Gasteiger partial charge in [-0.2, -0.15) is 13.2 Å². The van der Waals surface area contributed by atoms with Crippen LogP contribution in [0.25, 0.3) is 17.1 Å². The van der Waals surface area contributed by atoms with E-state index >= 15 is 0 Å². The van der Waals surface area contributed by atoms with Crippen LogP contribution in [0.2, 0.25) is 0 Å². The molecule has 2 aromatic carbocycles. The number of aryl methyl sites for hydroxylation is 4. The standard InChI is InChI=1S/C20H19F3N2/c1-12-9-14(3)18(15(4)10-12)25-8-7-24-19(25)17-6-5-16(11-13(17)2)20(21,22)23/h5-11H,1-4H3. The molecule has 0 aliphatic heterocycles. The van der Waals surface area contributed by atoms with Crippen LogP contribution in [0.1, 0.15) is 27.8 Å². The predicted molar refractivity (Wildman–Crippen MR) is 93.0 cm³/mol. The lowest BCUT2D eigenvalue weighted by molar-refractivity contribution is -0.137. The number of aromatic nitrogens is 2. The van der Waals surface area contributed by atoms with E-state index in [4.69, 9.17) is 0 Å². The smallest absolute Gasteiger partial charge is 0.299 e. The van der Waals surface area contributed by atoms with Crippen molar-refractivity contribution in [3.8, 4) is 17.1 Å². The van der Waals surface area contributed by atoms with Gasteiger partial charge in [0.15, 0.2) is 0 Å². The second-order valence-corrected chi connectivity index (χ2v) is 6.40. The molecular formula is C20H19F3N2. The van der Waals surface area contributed by atoms with Crippen LogP contribution in [0, 0.1) is 27.7 Å². The zero-order valence-electron chi connectivity index (χ0n) is 14.6. The molecule has 0 unspecified atom stereocenters. The normalized spacial score (nSPS) is 11.8. The summed E-state index contributed by atoms with van der Waals surface area (Å²) in [5, 5.41) is 0. The Morgan fingerprint density at radius 1 is 0.880 bits per heavy atom. The first-order chi connectivity index (χ1) is 11.7. The fraction of sp³-hybridized carbons (Fsp3) is 0.250. The van der Waals surface area contributed by atoms with Gasteiger partial charge in [-0.05, 0) is 56.5 Å². The topological polar surface area (TPSA) is 17.8 Å². The molecule has 0 atom stereocenters. The Labute approximate surface area is 145 Å². The van der Waals surface area contributed by atoms with Crippen molar-refractivity contribution in [2.24, 2.45) is 0 Å². The minimum atomic E-state index is -4.34. The largest absolute Gasteiger partial charge is 0.416 e. The summed E-state index contributed by atoms with van der Waals surface area (Å²) in [6.45, 7) is 7.77. The zero-order chi connectivity index (χ0) is 18.4. The molecule has 0 spiro atoms. The van der Waals surface area contributed by atoms with Gasteiger partial charge in [0.25, 0.3) is 0 Å². The monoisotopic (exact) mass is 344 g/mol. The predicted octanol–water partition coefficient (Wildman–Crippen LogP) is 5.79. The number of halogens is 3. The first kappa shape index (κ1) is 17.3. The molecule has 0 radical (unpaired) electrons. The van der Waals surface area contributed by atoms with Crippen LogP contribution in [-0.2, 0) is 6.18 Å². The van der Waals surface area contributed by atoms with E-state index in [0.29, 0.717) is 17.0 Å². The average molecular weight is 344 g/mol. The first-order valence-corrected chi connectivity index (χ1v) is 7.98. The molecule has 0 saturated carbocycles. The third-order valence-electron chi connectivity index (χ3n) is 4.31. The number of rotatable bonds is 2. The molecule has 1 aromatic heterocycles. The van der Waals surface area contributed by atoms with Crippen LogP contribution >= 0.6 is 0 Å². The molecule has 3 rings (SSSR count). The van der Waals surface area contributed by atoms with E-state index in [1.165, 1.54) is 17.7 Å². The average Bonchev–Trinajstić information content (AvgIpc) is 2.94. The van der Waals surface area contributed by atoms with Crippen molar-refractivity contribution < 1.29 is 13.2 Å².